The fourth-order valence-corrected chi connectivity index (χ4v) is 9.39. The SMILES string of the molecule is Brc1cccc(-c2ccccn2)c1.O=c1ccc2c(c1)c1nc3ccccc3n1c1ccc[nH]c21.c1ccc(-c2cccc(Oc3ccc4c(c3)c3nc5ccccc5n3c3cccnc43)c2)nc1. The summed E-state index contributed by atoms with van der Waals surface area (Å²) < 4.78 is 11.7. The zero-order valence-corrected chi connectivity index (χ0v) is 38.2. The molecule has 0 amide bonds. The Balaban J connectivity index is 0.000000120. The number of aromatic nitrogens is 8. The maximum absolute atomic E-state index is 11.8. The summed E-state index contributed by atoms with van der Waals surface area (Å²) in [7, 11) is 0. The number of nitrogens with one attached hydrogen (secondary N) is 1. The van der Waals surface area contributed by atoms with E-state index in [1.807, 2.05) is 152 Å². The molecular formula is C58H37BrN8O2. The number of pyridine rings is 6. The highest BCUT2D eigenvalue weighted by Crippen LogP contribution is 2.36. The Morgan fingerprint density at radius 2 is 1.04 bits per heavy atom. The van der Waals surface area contributed by atoms with E-state index in [0.717, 1.165) is 115 Å². The molecule has 0 aliphatic carbocycles. The van der Waals surface area contributed by atoms with E-state index in [1.54, 1.807) is 24.5 Å². The third kappa shape index (κ3) is 7.76. The topological polar surface area (TPSA) is 115 Å². The molecule has 0 fully saturated rings. The van der Waals surface area contributed by atoms with E-state index in [0.29, 0.717) is 0 Å². The highest BCUT2D eigenvalue weighted by atomic mass is 79.9. The van der Waals surface area contributed by atoms with Gasteiger partial charge in [0.1, 0.15) is 22.8 Å². The molecule has 0 saturated heterocycles. The monoisotopic (exact) mass is 956 g/mol. The molecule has 8 aromatic heterocycles. The molecule has 69 heavy (non-hydrogen) atoms. The van der Waals surface area contributed by atoms with Gasteiger partial charge < -0.3 is 9.72 Å². The zero-order chi connectivity index (χ0) is 46.3. The first-order valence-electron chi connectivity index (χ1n) is 22.3. The van der Waals surface area contributed by atoms with Crippen LogP contribution in [0.25, 0.3) is 99.5 Å². The molecule has 6 aromatic carbocycles. The minimum atomic E-state index is -0.00302. The molecule has 8 heterocycles. The van der Waals surface area contributed by atoms with Gasteiger partial charge in [0.05, 0.1) is 55.5 Å². The predicted octanol–water partition coefficient (Wildman–Crippen LogP) is 14.0. The lowest BCUT2D eigenvalue weighted by atomic mass is 10.1. The van der Waals surface area contributed by atoms with Gasteiger partial charge in [0.15, 0.2) is 5.43 Å². The Morgan fingerprint density at radius 3 is 1.75 bits per heavy atom. The number of halogens is 1. The number of hydrogen-bond donors (Lipinski definition) is 1. The highest BCUT2D eigenvalue weighted by Gasteiger charge is 2.16. The number of nitrogens with zero attached hydrogens (tertiary/aromatic N) is 7. The first-order valence-corrected chi connectivity index (χ1v) is 23.1. The lowest BCUT2D eigenvalue weighted by Gasteiger charge is -2.11. The van der Waals surface area contributed by atoms with Gasteiger partial charge in [-0.25, -0.2) is 9.97 Å². The number of H-pyrrole nitrogens is 1. The van der Waals surface area contributed by atoms with Crippen molar-refractivity contribution in [1.82, 2.24) is 38.7 Å². The van der Waals surface area contributed by atoms with Crippen LogP contribution in [0.1, 0.15) is 0 Å². The molecule has 0 spiro atoms. The number of hydrogen-bond acceptors (Lipinski definition) is 7. The number of rotatable bonds is 4. The van der Waals surface area contributed by atoms with Gasteiger partial charge in [-0.05, 0) is 133 Å². The molecule has 10 nitrogen and oxygen atoms in total. The van der Waals surface area contributed by atoms with Gasteiger partial charge in [-0.15, -0.1) is 0 Å². The third-order valence-corrected chi connectivity index (χ3v) is 12.5. The van der Waals surface area contributed by atoms with Crippen molar-refractivity contribution in [3.05, 3.63) is 234 Å². The van der Waals surface area contributed by atoms with Crippen molar-refractivity contribution >= 4 is 92.9 Å². The molecule has 14 aromatic rings. The Bertz CT molecular complexity index is 4290. The first kappa shape index (κ1) is 41.4. The number of ether oxygens (including phenoxy) is 1. The summed E-state index contributed by atoms with van der Waals surface area (Å²) in [6, 6.07) is 63.5. The summed E-state index contributed by atoms with van der Waals surface area (Å²) in [5, 5.41) is 3.94. The molecule has 328 valence electrons. The fourth-order valence-electron chi connectivity index (χ4n) is 8.99. The minimum Gasteiger partial charge on any atom is -0.457 e. The summed E-state index contributed by atoms with van der Waals surface area (Å²) >= 11 is 3.43. The normalized spacial score (nSPS) is 11.3. The summed E-state index contributed by atoms with van der Waals surface area (Å²) in [6.07, 6.45) is 7.33. The molecule has 0 aliphatic rings. The van der Waals surface area contributed by atoms with Gasteiger partial charge >= 0.3 is 0 Å². The number of benzene rings is 6. The summed E-state index contributed by atoms with van der Waals surface area (Å²) in [5.41, 5.74) is 13.8. The molecular weight excluding hydrogens is 921 g/mol. The van der Waals surface area contributed by atoms with Crippen LogP contribution < -0.4 is 10.2 Å². The lowest BCUT2D eigenvalue weighted by molar-refractivity contribution is 0.483. The third-order valence-electron chi connectivity index (χ3n) is 12.0. The van der Waals surface area contributed by atoms with Crippen LogP contribution in [0.15, 0.2) is 228 Å². The van der Waals surface area contributed by atoms with E-state index < -0.39 is 0 Å². The van der Waals surface area contributed by atoms with Crippen LogP contribution in [0.5, 0.6) is 11.5 Å². The second kappa shape index (κ2) is 17.6. The van der Waals surface area contributed by atoms with Crippen molar-refractivity contribution in [2.75, 3.05) is 0 Å². The standard InChI is InChI=1S/C29H18N4O.C18H11N3O.C11H8BrN/c1-2-11-26-25(10-1)32-29-23-18-21(13-14-22(23)28-27(33(26)29)12-6-16-31-28)34-20-8-5-7-19(17-20)24-9-3-4-15-30-24;22-11-7-8-12-13(10-11)18-20-14-4-1-2-5-15(14)21(18)16-6-3-9-19-17(12)16;12-10-5-3-4-9(8-10)11-6-1-2-7-13-11/h1-18H;1-10,19H;1-8H. The zero-order valence-electron chi connectivity index (χ0n) is 36.6. The van der Waals surface area contributed by atoms with Crippen LogP contribution in [0, 0.1) is 0 Å². The largest absolute Gasteiger partial charge is 0.457 e. The Hall–Kier alpha value is -9.06. The molecule has 14 rings (SSSR count). The van der Waals surface area contributed by atoms with E-state index >= 15 is 0 Å². The number of para-hydroxylation sites is 4. The average molecular weight is 958 g/mol. The molecule has 0 unspecified atom stereocenters. The molecule has 0 aliphatic heterocycles. The van der Waals surface area contributed by atoms with Gasteiger partial charge in [-0.1, -0.05) is 76.6 Å². The van der Waals surface area contributed by atoms with Crippen molar-refractivity contribution in [2.24, 2.45) is 0 Å². The smallest absolute Gasteiger partial charge is 0.179 e. The maximum Gasteiger partial charge on any atom is 0.179 e. The molecule has 11 heteroatoms. The van der Waals surface area contributed by atoms with Crippen LogP contribution in [-0.2, 0) is 0 Å². The molecule has 0 bridgehead atoms. The van der Waals surface area contributed by atoms with Crippen molar-refractivity contribution in [1.29, 1.82) is 0 Å². The van der Waals surface area contributed by atoms with E-state index in [4.69, 9.17) is 19.7 Å². The van der Waals surface area contributed by atoms with Crippen LogP contribution in [0.2, 0.25) is 0 Å². The van der Waals surface area contributed by atoms with Crippen LogP contribution in [0.4, 0.5) is 0 Å². The Morgan fingerprint density at radius 1 is 0.449 bits per heavy atom. The average Bonchev–Trinajstić information content (AvgIpc) is 4.00. The van der Waals surface area contributed by atoms with E-state index in [1.165, 1.54) is 0 Å². The summed E-state index contributed by atoms with van der Waals surface area (Å²) in [5.74, 6) is 1.50. The van der Waals surface area contributed by atoms with Gasteiger partial charge in [0.25, 0.3) is 0 Å². The van der Waals surface area contributed by atoms with E-state index in [2.05, 4.69) is 82.1 Å². The second-order valence-corrected chi connectivity index (χ2v) is 17.2. The molecule has 1 N–H and O–H groups in total. The van der Waals surface area contributed by atoms with Crippen molar-refractivity contribution < 1.29 is 4.74 Å². The summed E-state index contributed by atoms with van der Waals surface area (Å²) in [4.78, 5) is 38.3. The van der Waals surface area contributed by atoms with Gasteiger partial charge in [-0.2, -0.15) is 0 Å². The van der Waals surface area contributed by atoms with Crippen molar-refractivity contribution in [2.45, 2.75) is 0 Å². The van der Waals surface area contributed by atoms with Crippen LogP contribution in [0.3, 0.4) is 0 Å². The van der Waals surface area contributed by atoms with E-state index in [-0.39, 0.29) is 5.43 Å². The second-order valence-electron chi connectivity index (χ2n) is 16.3. The molecule has 0 atom stereocenters. The maximum atomic E-state index is 11.8. The Labute approximate surface area is 402 Å². The van der Waals surface area contributed by atoms with Crippen LogP contribution in [-0.4, -0.2) is 38.7 Å². The molecule has 0 radical (unpaired) electrons. The fraction of sp³-hybridized carbons (Fsp3) is 0. The molecule has 0 saturated carbocycles. The summed E-state index contributed by atoms with van der Waals surface area (Å²) in [6.45, 7) is 0. The Kier molecular flexibility index (Phi) is 10.6. The van der Waals surface area contributed by atoms with Crippen molar-refractivity contribution in [3.8, 4) is 34.0 Å². The highest BCUT2D eigenvalue weighted by molar-refractivity contribution is 9.10. The quantitative estimate of drug-likeness (QED) is 0.175. The predicted molar refractivity (Wildman–Crippen MR) is 281 cm³/mol. The van der Waals surface area contributed by atoms with Gasteiger partial charge in [-0.3, -0.25) is 28.5 Å². The van der Waals surface area contributed by atoms with Gasteiger partial charge in [0, 0.05) is 61.9 Å². The van der Waals surface area contributed by atoms with Crippen molar-refractivity contribution in [3.63, 3.8) is 0 Å². The lowest BCUT2D eigenvalue weighted by Crippen LogP contribution is -1.99. The van der Waals surface area contributed by atoms with Crippen LogP contribution >= 0.6 is 15.9 Å². The van der Waals surface area contributed by atoms with Gasteiger partial charge in [0.2, 0.25) is 0 Å². The van der Waals surface area contributed by atoms with E-state index in [9.17, 15) is 4.79 Å². The number of fused-ring (bicyclic) bond motifs is 16. The number of aromatic amines is 1. The minimum absolute atomic E-state index is 0.00302. The first-order chi connectivity index (χ1) is 34.0. The number of imidazole rings is 2.